The van der Waals surface area contributed by atoms with Gasteiger partial charge in [-0.25, -0.2) is 0 Å². The van der Waals surface area contributed by atoms with E-state index in [1.54, 1.807) is 0 Å². The molecule has 0 aromatic carbocycles. The SMILES string of the molecule is CCCCC[C@](C)(O)/C=C/[C@@H]1[C@@H](C/C=C/CCCC(=O)O)[C@@H](O)C[C@H]1C. The van der Waals surface area contributed by atoms with Gasteiger partial charge in [0.2, 0.25) is 0 Å². The number of allylic oxidation sites excluding steroid dienone is 3. The van der Waals surface area contributed by atoms with Gasteiger partial charge >= 0.3 is 5.97 Å². The number of unbranched alkanes of at least 4 members (excludes halogenated alkanes) is 3. The fourth-order valence-corrected chi connectivity index (χ4v) is 3.91. The van der Waals surface area contributed by atoms with Gasteiger partial charge in [-0.1, -0.05) is 57.4 Å². The summed E-state index contributed by atoms with van der Waals surface area (Å²) in [6.07, 6.45) is 15.1. The van der Waals surface area contributed by atoms with E-state index in [0.29, 0.717) is 12.3 Å². The molecule has 0 aromatic heterocycles. The number of aliphatic carboxylic acids is 1. The highest BCUT2D eigenvalue weighted by molar-refractivity contribution is 5.66. The Labute approximate surface area is 159 Å². The summed E-state index contributed by atoms with van der Waals surface area (Å²) in [6, 6.07) is 0. The molecule has 26 heavy (non-hydrogen) atoms. The predicted molar refractivity (Wildman–Crippen MR) is 106 cm³/mol. The highest BCUT2D eigenvalue weighted by atomic mass is 16.4. The average molecular weight is 367 g/mol. The van der Waals surface area contributed by atoms with E-state index in [0.717, 1.165) is 44.9 Å². The van der Waals surface area contributed by atoms with Crippen molar-refractivity contribution < 1.29 is 20.1 Å². The van der Waals surface area contributed by atoms with Crippen molar-refractivity contribution in [3.05, 3.63) is 24.3 Å². The molecule has 0 radical (unpaired) electrons. The van der Waals surface area contributed by atoms with E-state index in [9.17, 15) is 15.0 Å². The molecule has 1 rings (SSSR count). The van der Waals surface area contributed by atoms with Gasteiger partial charge in [-0.05, 0) is 56.8 Å². The van der Waals surface area contributed by atoms with Crippen molar-refractivity contribution in [2.45, 2.75) is 90.3 Å². The molecule has 0 aromatic rings. The molecule has 0 bridgehead atoms. The maximum absolute atomic E-state index is 10.5. The maximum atomic E-state index is 10.5. The summed E-state index contributed by atoms with van der Waals surface area (Å²) in [4.78, 5) is 10.5. The second kappa shape index (κ2) is 11.6. The molecule has 4 nitrogen and oxygen atoms in total. The molecule has 1 aliphatic carbocycles. The van der Waals surface area contributed by atoms with Crippen LogP contribution in [0.15, 0.2) is 24.3 Å². The number of carboxylic acids is 1. The van der Waals surface area contributed by atoms with Crippen LogP contribution in [0.2, 0.25) is 0 Å². The van der Waals surface area contributed by atoms with Gasteiger partial charge in [-0.15, -0.1) is 0 Å². The summed E-state index contributed by atoms with van der Waals surface area (Å²) in [5.41, 5.74) is -0.778. The number of rotatable bonds is 12. The van der Waals surface area contributed by atoms with E-state index in [1.165, 1.54) is 0 Å². The van der Waals surface area contributed by atoms with E-state index < -0.39 is 11.6 Å². The van der Waals surface area contributed by atoms with E-state index >= 15 is 0 Å². The summed E-state index contributed by atoms with van der Waals surface area (Å²) in [5.74, 6) is 0.0856. The molecule has 0 saturated heterocycles. The first kappa shape index (κ1) is 22.9. The van der Waals surface area contributed by atoms with Crippen LogP contribution in [0.1, 0.15) is 78.6 Å². The molecule has 1 aliphatic rings. The van der Waals surface area contributed by atoms with Gasteiger partial charge in [0.15, 0.2) is 0 Å². The predicted octanol–water partition coefficient (Wildman–Crippen LogP) is 4.71. The van der Waals surface area contributed by atoms with Gasteiger partial charge in [0.1, 0.15) is 0 Å². The topological polar surface area (TPSA) is 77.8 Å². The molecule has 0 spiro atoms. The Hall–Kier alpha value is -1.13. The van der Waals surface area contributed by atoms with Gasteiger partial charge in [-0.3, -0.25) is 4.79 Å². The summed E-state index contributed by atoms with van der Waals surface area (Å²) < 4.78 is 0. The zero-order chi connectivity index (χ0) is 19.6. The van der Waals surface area contributed by atoms with Crippen molar-refractivity contribution in [2.24, 2.45) is 17.8 Å². The highest BCUT2D eigenvalue weighted by Crippen LogP contribution is 2.40. The fraction of sp³-hybridized carbons (Fsp3) is 0.773. The van der Waals surface area contributed by atoms with Crippen molar-refractivity contribution in [3.63, 3.8) is 0 Å². The Morgan fingerprint density at radius 1 is 1.23 bits per heavy atom. The summed E-state index contributed by atoms with van der Waals surface area (Å²) in [6.45, 7) is 6.19. The molecule has 4 heteroatoms. The molecule has 0 heterocycles. The second-order valence-corrected chi connectivity index (χ2v) is 8.19. The van der Waals surface area contributed by atoms with Crippen LogP contribution in [0.5, 0.6) is 0 Å². The zero-order valence-electron chi connectivity index (χ0n) is 16.7. The molecule has 0 aliphatic heterocycles. The summed E-state index contributed by atoms with van der Waals surface area (Å²) >= 11 is 0. The van der Waals surface area contributed by atoms with Crippen molar-refractivity contribution in [1.29, 1.82) is 0 Å². The highest BCUT2D eigenvalue weighted by Gasteiger charge is 2.38. The minimum atomic E-state index is -0.778. The monoisotopic (exact) mass is 366 g/mol. The normalized spacial score (nSPS) is 28.8. The Morgan fingerprint density at radius 3 is 2.62 bits per heavy atom. The zero-order valence-corrected chi connectivity index (χ0v) is 16.7. The average Bonchev–Trinajstić information content (AvgIpc) is 2.82. The van der Waals surface area contributed by atoms with Crippen molar-refractivity contribution in [1.82, 2.24) is 0 Å². The van der Waals surface area contributed by atoms with Crippen LogP contribution in [0.3, 0.4) is 0 Å². The van der Waals surface area contributed by atoms with Crippen LogP contribution < -0.4 is 0 Å². The number of hydrogen-bond donors (Lipinski definition) is 3. The Bertz CT molecular complexity index is 467. The molecule has 0 amide bonds. The molecule has 3 N–H and O–H groups in total. The lowest BCUT2D eigenvalue weighted by molar-refractivity contribution is -0.137. The number of aliphatic hydroxyl groups is 2. The molecule has 5 atom stereocenters. The minimum Gasteiger partial charge on any atom is -0.481 e. The molecule has 1 saturated carbocycles. The largest absolute Gasteiger partial charge is 0.481 e. The Balaban J connectivity index is 2.56. The molecular weight excluding hydrogens is 328 g/mol. The Kier molecular flexibility index (Phi) is 10.2. The lowest BCUT2D eigenvalue weighted by Crippen LogP contribution is -2.23. The summed E-state index contributed by atoms with van der Waals surface area (Å²) in [5, 5.41) is 29.6. The number of carboxylic acid groups (broad SMARTS) is 1. The third-order valence-electron chi connectivity index (χ3n) is 5.56. The first-order chi connectivity index (χ1) is 12.3. The van der Waals surface area contributed by atoms with E-state index in [4.69, 9.17) is 5.11 Å². The third-order valence-corrected chi connectivity index (χ3v) is 5.56. The van der Waals surface area contributed by atoms with Gasteiger partial charge in [0.05, 0.1) is 11.7 Å². The van der Waals surface area contributed by atoms with E-state index in [2.05, 4.69) is 26.0 Å². The smallest absolute Gasteiger partial charge is 0.303 e. The summed E-state index contributed by atoms with van der Waals surface area (Å²) in [7, 11) is 0. The molecular formula is C22H38O4. The maximum Gasteiger partial charge on any atom is 0.303 e. The van der Waals surface area contributed by atoms with Gasteiger partial charge in [-0.2, -0.15) is 0 Å². The quantitative estimate of drug-likeness (QED) is 0.345. The lowest BCUT2D eigenvalue weighted by atomic mass is 9.85. The van der Waals surface area contributed by atoms with Crippen molar-refractivity contribution >= 4 is 5.97 Å². The van der Waals surface area contributed by atoms with Crippen LogP contribution in [0, 0.1) is 17.8 Å². The molecule has 0 unspecified atom stereocenters. The van der Waals surface area contributed by atoms with Gasteiger partial charge < -0.3 is 15.3 Å². The minimum absolute atomic E-state index is 0.170. The first-order valence-electron chi connectivity index (χ1n) is 10.2. The van der Waals surface area contributed by atoms with Crippen LogP contribution in [0.25, 0.3) is 0 Å². The number of hydrogen-bond acceptors (Lipinski definition) is 3. The van der Waals surface area contributed by atoms with Crippen molar-refractivity contribution in [2.75, 3.05) is 0 Å². The van der Waals surface area contributed by atoms with E-state index in [-0.39, 0.29) is 24.4 Å². The fourth-order valence-electron chi connectivity index (χ4n) is 3.91. The Morgan fingerprint density at radius 2 is 1.96 bits per heavy atom. The number of carbonyl (C=O) groups is 1. The molecule has 150 valence electrons. The lowest BCUT2D eigenvalue weighted by Gasteiger charge is -2.23. The van der Waals surface area contributed by atoms with Gasteiger partial charge in [0, 0.05) is 6.42 Å². The second-order valence-electron chi connectivity index (χ2n) is 8.19. The molecule has 1 fully saturated rings. The van der Waals surface area contributed by atoms with E-state index in [1.807, 2.05) is 19.1 Å². The third kappa shape index (κ3) is 8.50. The van der Waals surface area contributed by atoms with Crippen LogP contribution >= 0.6 is 0 Å². The van der Waals surface area contributed by atoms with Crippen LogP contribution in [-0.2, 0) is 4.79 Å². The van der Waals surface area contributed by atoms with Crippen LogP contribution in [-0.4, -0.2) is 33.0 Å². The van der Waals surface area contributed by atoms with Gasteiger partial charge in [0.25, 0.3) is 0 Å². The van der Waals surface area contributed by atoms with Crippen molar-refractivity contribution in [3.8, 4) is 0 Å². The first-order valence-corrected chi connectivity index (χ1v) is 10.2. The number of aliphatic hydroxyl groups excluding tert-OH is 1. The standard InChI is InChI=1S/C22H38O4/c1-4-5-10-14-22(3,26)15-13-18-17(2)16-20(23)19(18)11-8-6-7-9-12-21(24)25/h6,8,13,15,17-20,23,26H,4-5,7,9-12,14,16H2,1-3H3,(H,24,25)/b8-6+,15-13+/t17-,18+,19-,20+,22+/m1/s1. The van der Waals surface area contributed by atoms with Crippen LogP contribution in [0.4, 0.5) is 0 Å².